The second kappa shape index (κ2) is 5.34. The molecule has 0 radical (unpaired) electrons. The van der Waals surface area contributed by atoms with E-state index >= 15 is 0 Å². The van der Waals surface area contributed by atoms with E-state index in [0.717, 1.165) is 18.7 Å². The molecule has 1 atom stereocenters. The summed E-state index contributed by atoms with van der Waals surface area (Å²) < 4.78 is 3.83. The average molecular weight is 239 g/mol. The molecule has 3 nitrogen and oxygen atoms in total. The fourth-order valence-electron chi connectivity index (χ4n) is 1.37. The Bertz CT molecular complexity index is 369. The maximum atomic E-state index is 3.99. The fraction of sp³-hybridized carbons (Fsp3) is 0.400. The van der Waals surface area contributed by atoms with E-state index in [1.807, 2.05) is 5.38 Å². The van der Waals surface area contributed by atoms with Gasteiger partial charge in [-0.05, 0) is 47.3 Å². The summed E-state index contributed by atoms with van der Waals surface area (Å²) in [6, 6.07) is 2.65. The Hall–Kier alpha value is -0.780. The lowest BCUT2D eigenvalue weighted by Crippen LogP contribution is -2.27. The van der Waals surface area contributed by atoms with Gasteiger partial charge in [-0.3, -0.25) is 0 Å². The minimum absolute atomic E-state index is 0.473. The van der Waals surface area contributed by atoms with Crippen LogP contribution in [-0.2, 0) is 13.0 Å². The molecule has 0 aliphatic heterocycles. The Morgan fingerprint density at radius 1 is 1.47 bits per heavy atom. The Morgan fingerprint density at radius 2 is 2.40 bits per heavy atom. The summed E-state index contributed by atoms with van der Waals surface area (Å²) in [6.45, 7) is 3.00. The lowest BCUT2D eigenvalue weighted by molar-refractivity contribution is 0.540. The molecule has 0 aromatic carbocycles. The topological polar surface area (TPSA) is 37.8 Å². The highest BCUT2D eigenvalue weighted by Crippen LogP contribution is 2.08. The van der Waals surface area contributed by atoms with E-state index in [2.05, 4.69) is 38.7 Å². The monoisotopic (exact) mass is 239 g/mol. The molecule has 1 unspecified atom stereocenters. The molecule has 0 aliphatic rings. The van der Waals surface area contributed by atoms with Gasteiger partial charge in [-0.2, -0.15) is 11.3 Å². The van der Waals surface area contributed by atoms with Gasteiger partial charge in [0, 0.05) is 18.0 Å². The SMILES string of the molecule is CC(Cc1ccsc1)NCc1csnn1. The molecule has 2 rings (SSSR count). The van der Waals surface area contributed by atoms with E-state index < -0.39 is 0 Å². The van der Waals surface area contributed by atoms with Crippen molar-refractivity contribution < 1.29 is 0 Å². The van der Waals surface area contributed by atoms with E-state index in [0.29, 0.717) is 6.04 Å². The average Bonchev–Trinajstić information content (AvgIpc) is 2.86. The highest BCUT2D eigenvalue weighted by molar-refractivity contribution is 7.07. The zero-order valence-electron chi connectivity index (χ0n) is 8.51. The maximum Gasteiger partial charge on any atom is 0.0893 e. The summed E-state index contributed by atoms with van der Waals surface area (Å²) in [4.78, 5) is 0. The zero-order valence-corrected chi connectivity index (χ0v) is 10.1. The van der Waals surface area contributed by atoms with Gasteiger partial charge >= 0.3 is 0 Å². The third-order valence-corrected chi connectivity index (χ3v) is 3.44. The van der Waals surface area contributed by atoms with E-state index in [-0.39, 0.29) is 0 Å². The maximum absolute atomic E-state index is 3.99. The van der Waals surface area contributed by atoms with Crippen molar-refractivity contribution in [3.8, 4) is 0 Å². The minimum Gasteiger partial charge on any atom is -0.308 e. The molecule has 0 aliphatic carbocycles. The molecular weight excluding hydrogens is 226 g/mol. The quantitative estimate of drug-likeness (QED) is 0.870. The Balaban J connectivity index is 1.76. The van der Waals surface area contributed by atoms with Crippen molar-refractivity contribution in [2.75, 3.05) is 0 Å². The van der Waals surface area contributed by atoms with Crippen LogP contribution in [0.1, 0.15) is 18.2 Å². The van der Waals surface area contributed by atoms with Crippen LogP contribution in [-0.4, -0.2) is 15.6 Å². The first kappa shape index (κ1) is 10.7. The third kappa shape index (κ3) is 3.37. The predicted octanol–water partition coefficient (Wildman–Crippen LogP) is 2.32. The Morgan fingerprint density at radius 3 is 3.07 bits per heavy atom. The summed E-state index contributed by atoms with van der Waals surface area (Å²) in [5.74, 6) is 0. The van der Waals surface area contributed by atoms with Gasteiger partial charge in [-0.1, -0.05) is 4.49 Å². The van der Waals surface area contributed by atoms with Gasteiger partial charge < -0.3 is 5.32 Å². The first-order valence-electron chi connectivity index (χ1n) is 4.85. The summed E-state index contributed by atoms with van der Waals surface area (Å²) >= 11 is 3.15. The van der Waals surface area contributed by atoms with Gasteiger partial charge in [0.25, 0.3) is 0 Å². The van der Waals surface area contributed by atoms with E-state index in [1.54, 1.807) is 11.3 Å². The van der Waals surface area contributed by atoms with Crippen molar-refractivity contribution in [3.05, 3.63) is 33.5 Å². The molecule has 0 spiro atoms. The Kier molecular flexibility index (Phi) is 3.82. The lowest BCUT2D eigenvalue weighted by atomic mass is 10.1. The van der Waals surface area contributed by atoms with Gasteiger partial charge in [0.15, 0.2) is 0 Å². The van der Waals surface area contributed by atoms with E-state index in [4.69, 9.17) is 0 Å². The minimum atomic E-state index is 0.473. The van der Waals surface area contributed by atoms with Crippen LogP contribution in [0.15, 0.2) is 22.2 Å². The van der Waals surface area contributed by atoms with E-state index in [9.17, 15) is 0 Å². The number of rotatable bonds is 5. The molecule has 2 heterocycles. The van der Waals surface area contributed by atoms with Crippen LogP contribution in [0.25, 0.3) is 0 Å². The van der Waals surface area contributed by atoms with Crippen molar-refractivity contribution in [3.63, 3.8) is 0 Å². The molecule has 0 saturated heterocycles. The summed E-state index contributed by atoms with van der Waals surface area (Å²) in [5.41, 5.74) is 2.42. The van der Waals surface area contributed by atoms with Gasteiger partial charge in [-0.25, -0.2) is 0 Å². The molecule has 0 amide bonds. The molecule has 1 N–H and O–H groups in total. The number of thiophene rings is 1. The predicted molar refractivity (Wildman–Crippen MR) is 64.2 cm³/mol. The van der Waals surface area contributed by atoms with Crippen molar-refractivity contribution in [2.24, 2.45) is 0 Å². The van der Waals surface area contributed by atoms with Crippen molar-refractivity contribution in [1.29, 1.82) is 0 Å². The smallest absolute Gasteiger partial charge is 0.0893 e. The highest BCUT2D eigenvalue weighted by Gasteiger charge is 2.04. The molecule has 0 saturated carbocycles. The molecule has 0 fully saturated rings. The van der Waals surface area contributed by atoms with E-state index in [1.165, 1.54) is 17.1 Å². The first-order valence-corrected chi connectivity index (χ1v) is 6.63. The lowest BCUT2D eigenvalue weighted by Gasteiger charge is -2.11. The van der Waals surface area contributed by atoms with Gasteiger partial charge in [-0.15, -0.1) is 5.10 Å². The van der Waals surface area contributed by atoms with Crippen LogP contribution in [0.4, 0.5) is 0 Å². The van der Waals surface area contributed by atoms with Crippen LogP contribution in [0, 0.1) is 0 Å². The van der Waals surface area contributed by atoms with Crippen LogP contribution >= 0.6 is 22.9 Å². The third-order valence-electron chi connectivity index (χ3n) is 2.16. The first-order chi connectivity index (χ1) is 7.34. The second-order valence-corrected chi connectivity index (χ2v) is 4.90. The fourth-order valence-corrected chi connectivity index (χ4v) is 2.51. The molecule has 5 heteroatoms. The van der Waals surface area contributed by atoms with Crippen molar-refractivity contribution in [1.82, 2.24) is 14.9 Å². The summed E-state index contributed by atoms with van der Waals surface area (Å²) in [7, 11) is 0. The molecule has 0 bridgehead atoms. The molecular formula is C10H13N3S2. The molecule has 80 valence electrons. The number of aromatic nitrogens is 2. The molecule has 2 aromatic heterocycles. The number of nitrogens with one attached hydrogen (secondary N) is 1. The second-order valence-electron chi connectivity index (χ2n) is 3.51. The van der Waals surface area contributed by atoms with Crippen LogP contribution < -0.4 is 5.32 Å². The largest absolute Gasteiger partial charge is 0.308 e. The van der Waals surface area contributed by atoms with Crippen molar-refractivity contribution in [2.45, 2.75) is 25.9 Å². The van der Waals surface area contributed by atoms with Crippen molar-refractivity contribution >= 4 is 22.9 Å². The zero-order chi connectivity index (χ0) is 10.5. The number of hydrogen-bond donors (Lipinski definition) is 1. The van der Waals surface area contributed by atoms with Crippen LogP contribution in [0.3, 0.4) is 0 Å². The summed E-state index contributed by atoms with van der Waals surface area (Å²) in [6.07, 6.45) is 1.07. The highest BCUT2D eigenvalue weighted by atomic mass is 32.1. The Labute approximate surface area is 97.3 Å². The number of hydrogen-bond acceptors (Lipinski definition) is 5. The molecule has 2 aromatic rings. The van der Waals surface area contributed by atoms with Gasteiger partial charge in [0.05, 0.1) is 5.69 Å². The van der Waals surface area contributed by atoms with Gasteiger partial charge in [0.1, 0.15) is 0 Å². The van der Waals surface area contributed by atoms with Gasteiger partial charge in [0.2, 0.25) is 0 Å². The molecule has 15 heavy (non-hydrogen) atoms. The van der Waals surface area contributed by atoms with Crippen LogP contribution in [0.5, 0.6) is 0 Å². The van der Waals surface area contributed by atoms with Crippen LogP contribution in [0.2, 0.25) is 0 Å². The standard InChI is InChI=1S/C10H13N3S2/c1-8(4-9-2-3-14-6-9)11-5-10-7-15-13-12-10/h2-3,6-8,11H,4-5H2,1H3. The normalized spacial score (nSPS) is 12.9. The number of nitrogens with zero attached hydrogens (tertiary/aromatic N) is 2. The summed E-state index contributed by atoms with van der Waals surface area (Å²) in [5, 5.41) is 13.7.